The van der Waals surface area contributed by atoms with Crippen LogP contribution in [0.1, 0.15) is 20.8 Å². The minimum atomic E-state index is -0.842. The summed E-state index contributed by atoms with van der Waals surface area (Å²) in [6.07, 6.45) is 0. The van der Waals surface area contributed by atoms with Crippen LogP contribution < -0.4 is 16.4 Å². The number of hydrogen-bond acceptors (Lipinski definition) is 3. The highest BCUT2D eigenvalue weighted by Gasteiger charge is 2.24. The largest absolute Gasteiger partial charge is 0.368 e. The SMILES string of the molecule is CCNC(=O)CNC(C)(C)C(N)=O. The Hall–Kier alpha value is -1.10. The number of rotatable bonds is 5. The second kappa shape index (κ2) is 4.81. The van der Waals surface area contributed by atoms with Gasteiger partial charge in [-0.1, -0.05) is 0 Å². The molecule has 0 saturated carbocycles. The summed E-state index contributed by atoms with van der Waals surface area (Å²) in [5.74, 6) is -0.617. The van der Waals surface area contributed by atoms with Gasteiger partial charge in [-0.05, 0) is 20.8 Å². The van der Waals surface area contributed by atoms with Crippen molar-refractivity contribution in [3.05, 3.63) is 0 Å². The topological polar surface area (TPSA) is 84.2 Å². The standard InChI is InChI=1S/C8H17N3O2/c1-4-10-6(12)5-11-8(2,3)7(9)13/h11H,4-5H2,1-3H3,(H2,9,13)(H,10,12). The Bertz CT molecular complexity index is 202. The van der Waals surface area contributed by atoms with Crippen molar-refractivity contribution in [1.82, 2.24) is 10.6 Å². The number of amides is 2. The third-order valence-electron chi connectivity index (χ3n) is 1.68. The van der Waals surface area contributed by atoms with E-state index in [1.165, 1.54) is 0 Å². The number of carbonyl (C=O) groups excluding carboxylic acids is 2. The molecule has 0 heterocycles. The van der Waals surface area contributed by atoms with Gasteiger partial charge in [0.15, 0.2) is 0 Å². The number of nitrogens with one attached hydrogen (secondary N) is 2. The van der Waals surface area contributed by atoms with Gasteiger partial charge in [0.05, 0.1) is 12.1 Å². The molecule has 0 aliphatic rings. The maximum Gasteiger partial charge on any atom is 0.237 e. The van der Waals surface area contributed by atoms with Crippen molar-refractivity contribution < 1.29 is 9.59 Å². The zero-order valence-corrected chi connectivity index (χ0v) is 8.31. The molecule has 4 N–H and O–H groups in total. The predicted octanol–water partition coefficient (Wildman–Crippen LogP) is -1.02. The van der Waals surface area contributed by atoms with E-state index in [1.54, 1.807) is 13.8 Å². The van der Waals surface area contributed by atoms with Crippen LogP contribution in [0.25, 0.3) is 0 Å². The van der Waals surface area contributed by atoms with Crippen molar-refractivity contribution in [1.29, 1.82) is 0 Å². The highest BCUT2D eigenvalue weighted by atomic mass is 16.2. The quantitative estimate of drug-likeness (QED) is 0.515. The molecule has 0 spiro atoms. The Morgan fingerprint density at radius 1 is 1.38 bits per heavy atom. The Balaban J connectivity index is 3.88. The molecule has 0 saturated heterocycles. The lowest BCUT2D eigenvalue weighted by Gasteiger charge is -2.21. The second-order valence-corrected chi connectivity index (χ2v) is 3.30. The molecule has 2 amide bonds. The third-order valence-corrected chi connectivity index (χ3v) is 1.68. The average Bonchev–Trinajstić information content (AvgIpc) is 2.01. The zero-order chi connectivity index (χ0) is 10.5. The van der Waals surface area contributed by atoms with Gasteiger partial charge in [0, 0.05) is 6.54 Å². The first-order valence-electron chi connectivity index (χ1n) is 4.21. The zero-order valence-electron chi connectivity index (χ0n) is 8.31. The van der Waals surface area contributed by atoms with Gasteiger partial charge in [-0.15, -0.1) is 0 Å². The van der Waals surface area contributed by atoms with Gasteiger partial charge in [0.25, 0.3) is 0 Å². The summed E-state index contributed by atoms with van der Waals surface area (Å²) < 4.78 is 0. The van der Waals surface area contributed by atoms with Crippen molar-refractivity contribution in [3.8, 4) is 0 Å². The van der Waals surface area contributed by atoms with Gasteiger partial charge in [-0.2, -0.15) is 0 Å². The summed E-state index contributed by atoms with van der Waals surface area (Å²) >= 11 is 0. The molecule has 13 heavy (non-hydrogen) atoms. The van der Waals surface area contributed by atoms with E-state index in [4.69, 9.17) is 5.73 Å². The molecule has 0 aromatic carbocycles. The first kappa shape index (κ1) is 11.9. The number of carbonyl (C=O) groups is 2. The van der Waals surface area contributed by atoms with Crippen molar-refractivity contribution in [3.63, 3.8) is 0 Å². The van der Waals surface area contributed by atoms with Gasteiger partial charge in [0.1, 0.15) is 0 Å². The molecule has 0 fully saturated rings. The summed E-state index contributed by atoms with van der Waals surface area (Å²) in [5.41, 5.74) is 4.26. The van der Waals surface area contributed by atoms with Gasteiger partial charge in [0.2, 0.25) is 11.8 Å². The van der Waals surface area contributed by atoms with Crippen LogP contribution in [0.15, 0.2) is 0 Å². The van der Waals surface area contributed by atoms with Crippen LogP contribution in [0, 0.1) is 0 Å². The van der Waals surface area contributed by atoms with E-state index in [2.05, 4.69) is 10.6 Å². The van der Waals surface area contributed by atoms with Crippen LogP contribution in [0.2, 0.25) is 0 Å². The fourth-order valence-corrected chi connectivity index (χ4v) is 0.648. The van der Waals surface area contributed by atoms with Crippen molar-refractivity contribution in [2.24, 2.45) is 5.73 Å². The van der Waals surface area contributed by atoms with E-state index in [0.717, 1.165) is 0 Å². The number of likely N-dealkylation sites (N-methyl/N-ethyl adjacent to an activating group) is 1. The second-order valence-electron chi connectivity index (χ2n) is 3.30. The molecule has 0 bridgehead atoms. The van der Waals surface area contributed by atoms with Crippen molar-refractivity contribution >= 4 is 11.8 Å². The van der Waals surface area contributed by atoms with Crippen LogP contribution in [-0.2, 0) is 9.59 Å². The van der Waals surface area contributed by atoms with E-state index in [9.17, 15) is 9.59 Å². The smallest absolute Gasteiger partial charge is 0.237 e. The average molecular weight is 187 g/mol. The molecule has 5 heteroatoms. The predicted molar refractivity (Wildman–Crippen MR) is 50.0 cm³/mol. The Morgan fingerprint density at radius 3 is 2.31 bits per heavy atom. The molecule has 0 aromatic heterocycles. The summed E-state index contributed by atoms with van der Waals surface area (Å²) in [6.45, 7) is 5.78. The molecule has 0 radical (unpaired) electrons. The molecule has 0 atom stereocenters. The van der Waals surface area contributed by atoms with Gasteiger partial charge < -0.3 is 11.1 Å². The van der Waals surface area contributed by atoms with Crippen molar-refractivity contribution in [2.45, 2.75) is 26.3 Å². The maximum absolute atomic E-state index is 11.0. The Kier molecular flexibility index (Phi) is 4.40. The molecule has 0 unspecified atom stereocenters. The van der Waals surface area contributed by atoms with Crippen LogP contribution in [-0.4, -0.2) is 30.4 Å². The molecule has 5 nitrogen and oxygen atoms in total. The molecular weight excluding hydrogens is 170 g/mol. The monoisotopic (exact) mass is 187 g/mol. The van der Waals surface area contributed by atoms with E-state index >= 15 is 0 Å². The van der Waals surface area contributed by atoms with Gasteiger partial charge >= 0.3 is 0 Å². The summed E-state index contributed by atoms with van der Waals surface area (Å²) in [4.78, 5) is 21.8. The molecule has 0 rings (SSSR count). The lowest BCUT2D eigenvalue weighted by Crippen LogP contribution is -2.53. The van der Waals surface area contributed by atoms with Crippen LogP contribution in [0.5, 0.6) is 0 Å². The summed E-state index contributed by atoms with van der Waals surface area (Å²) in [6, 6.07) is 0. The number of primary amides is 1. The van der Waals surface area contributed by atoms with E-state index in [1.807, 2.05) is 6.92 Å². The number of nitrogens with two attached hydrogens (primary N) is 1. The number of hydrogen-bond donors (Lipinski definition) is 3. The lowest BCUT2D eigenvalue weighted by molar-refractivity contribution is -0.124. The van der Waals surface area contributed by atoms with E-state index in [0.29, 0.717) is 6.54 Å². The van der Waals surface area contributed by atoms with Crippen LogP contribution >= 0.6 is 0 Å². The van der Waals surface area contributed by atoms with E-state index < -0.39 is 11.4 Å². The fourth-order valence-electron chi connectivity index (χ4n) is 0.648. The maximum atomic E-state index is 11.0. The normalized spacial score (nSPS) is 11.0. The summed E-state index contributed by atoms with van der Waals surface area (Å²) in [5, 5.41) is 5.36. The third kappa shape index (κ3) is 4.47. The van der Waals surface area contributed by atoms with Crippen LogP contribution in [0.4, 0.5) is 0 Å². The molecule has 0 aromatic rings. The molecule has 76 valence electrons. The van der Waals surface area contributed by atoms with E-state index in [-0.39, 0.29) is 12.5 Å². The molecule has 0 aliphatic carbocycles. The van der Waals surface area contributed by atoms with Gasteiger partial charge in [-0.3, -0.25) is 14.9 Å². The van der Waals surface area contributed by atoms with Crippen molar-refractivity contribution in [2.75, 3.05) is 13.1 Å². The first-order chi connectivity index (χ1) is 5.90. The minimum Gasteiger partial charge on any atom is -0.368 e. The Morgan fingerprint density at radius 2 is 1.92 bits per heavy atom. The molecule has 0 aliphatic heterocycles. The fraction of sp³-hybridized carbons (Fsp3) is 0.750. The van der Waals surface area contributed by atoms with Gasteiger partial charge in [-0.25, -0.2) is 0 Å². The summed E-state index contributed by atoms with van der Waals surface area (Å²) in [7, 11) is 0. The highest BCUT2D eigenvalue weighted by molar-refractivity contribution is 5.85. The highest BCUT2D eigenvalue weighted by Crippen LogP contribution is 1.98. The first-order valence-corrected chi connectivity index (χ1v) is 4.21. The van der Waals surface area contributed by atoms with Crippen LogP contribution in [0.3, 0.4) is 0 Å². The lowest BCUT2D eigenvalue weighted by atomic mass is 10.1. The minimum absolute atomic E-state index is 0.101. The Labute approximate surface area is 78.1 Å². The molecular formula is C8H17N3O2.